The van der Waals surface area contributed by atoms with Gasteiger partial charge in [-0.25, -0.2) is 4.98 Å². The summed E-state index contributed by atoms with van der Waals surface area (Å²) in [6.07, 6.45) is 9.61. The van der Waals surface area contributed by atoms with Gasteiger partial charge >= 0.3 is 0 Å². The second kappa shape index (κ2) is 8.04. The van der Waals surface area contributed by atoms with E-state index in [0.29, 0.717) is 11.2 Å². The number of rotatable bonds is 3. The van der Waals surface area contributed by atoms with Gasteiger partial charge in [0.25, 0.3) is 0 Å². The average Bonchev–Trinajstić information content (AvgIpc) is 2.93. The van der Waals surface area contributed by atoms with Gasteiger partial charge in [-0.2, -0.15) is 0 Å². The predicted octanol–water partition coefficient (Wildman–Crippen LogP) is 4.61. The maximum atomic E-state index is 5.49. The van der Waals surface area contributed by atoms with Crippen LogP contribution in [-0.4, -0.2) is 16.1 Å². The Kier molecular flexibility index (Phi) is 5.34. The molecule has 136 valence electrons. The van der Waals surface area contributed by atoms with Gasteiger partial charge < -0.3 is 15.5 Å². The van der Waals surface area contributed by atoms with Crippen molar-refractivity contribution in [2.45, 2.75) is 57.7 Å². The molecule has 4 rings (SSSR count). The fraction of sp³-hybridized carbons (Fsp3) is 0.429. The van der Waals surface area contributed by atoms with Gasteiger partial charge in [-0.05, 0) is 48.3 Å². The molecular formula is C21H26N4S. The molecule has 2 N–H and O–H groups in total. The van der Waals surface area contributed by atoms with E-state index in [1.807, 2.05) is 6.20 Å². The van der Waals surface area contributed by atoms with Crippen molar-refractivity contribution >= 4 is 28.8 Å². The molecule has 5 heteroatoms. The molecule has 0 radical (unpaired) electrons. The molecule has 1 aromatic carbocycles. The van der Waals surface area contributed by atoms with Crippen LogP contribution in [0, 0.1) is 0 Å². The zero-order valence-corrected chi connectivity index (χ0v) is 15.9. The Morgan fingerprint density at radius 3 is 2.27 bits per heavy atom. The first-order valence-corrected chi connectivity index (χ1v) is 10.0. The summed E-state index contributed by atoms with van der Waals surface area (Å²) in [6.45, 7) is 1.86. The van der Waals surface area contributed by atoms with Crippen LogP contribution in [0.4, 0.5) is 11.5 Å². The van der Waals surface area contributed by atoms with E-state index in [-0.39, 0.29) is 0 Å². The van der Waals surface area contributed by atoms with Crippen LogP contribution >= 0.6 is 12.2 Å². The van der Waals surface area contributed by atoms with E-state index in [4.69, 9.17) is 12.2 Å². The smallest absolute Gasteiger partial charge is 0.171 e. The molecule has 0 atom stereocenters. The summed E-state index contributed by atoms with van der Waals surface area (Å²) in [6, 6.07) is 13.2. The molecule has 1 saturated carbocycles. The van der Waals surface area contributed by atoms with Crippen molar-refractivity contribution in [1.29, 1.82) is 0 Å². The second-order valence-corrected chi connectivity index (χ2v) is 7.73. The van der Waals surface area contributed by atoms with Crippen molar-refractivity contribution in [3.05, 3.63) is 53.7 Å². The Bertz CT molecular complexity index is 726. The zero-order chi connectivity index (χ0) is 17.8. The molecular weight excluding hydrogens is 340 g/mol. The van der Waals surface area contributed by atoms with Crippen LogP contribution in [0.2, 0.25) is 0 Å². The Hall–Kier alpha value is -2.14. The van der Waals surface area contributed by atoms with E-state index in [1.54, 1.807) is 0 Å². The number of pyridine rings is 1. The first-order valence-electron chi connectivity index (χ1n) is 9.63. The Morgan fingerprint density at radius 2 is 1.65 bits per heavy atom. The van der Waals surface area contributed by atoms with E-state index >= 15 is 0 Å². The van der Waals surface area contributed by atoms with Crippen LogP contribution in [0.15, 0.2) is 42.6 Å². The monoisotopic (exact) mass is 366 g/mol. The standard InChI is InChI=1S/C21H26N4S/c26-21(23-18-9-3-1-2-4-10-18)24-19-11-12-20(22-13-19)25-14-16-7-5-6-8-17(16)15-25/h5-8,11-13,18H,1-4,9-10,14-15H2,(H2,23,24,26). The number of hydrogen-bond donors (Lipinski definition) is 2. The first kappa shape index (κ1) is 17.3. The Labute approximate surface area is 161 Å². The number of nitrogens with zero attached hydrogens (tertiary/aromatic N) is 2. The van der Waals surface area contributed by atoms with Crippen molar-refractivity contribution in [3.63, 3.8) is 0 Å². The summed E-state index contributed by atoms with van der Waals surface area (Å²) in [7, 11) is 0. The lowest BCUT2D eigenvalue weighted by Gasteiger charge is -2.20. The summed E-state index contributed by atoms with van der Waals surface area (Å²) in [5.41, 5.74) is 3.73. The van der Waals surface area contributed by atoms with Crippen LogP contribution in [0.1, 0.15) is 49.7 Å². The van der Waals surface area contributed by atoms with E-state index < -0.39 is 0 Å². The third-order valence-electron chi connectivity index (χ3n) is 5.36. The second-order valence-electron chi connectivity index (χ2n) is 7.32. The molecule has 0 unspecified atom stereocenters. The molecule has 2 aliphatic rings. The zero-order valence-electron chi connectivity index (χ0n) is 15.1. The van der Waals surface area contributed by atoms with Crippen molar-refractivity contribution in [2.24, 2.45) is 0 Å². The first-order chi connectivity index (χ1) is 12.8. The molecule has 1 aliphatic heterocycles. The molecule has 0 spiro atoms. The molecule has 2 heterocycles. The van der Waals surface area contributed by atoms with Gasteiger partial charge in [0, 0.05) is 19.1 Å². The van der Waals surface area contributed by atoms with Crippen LogP contribution in [-0.2, 0) is 13.1 Å². The quantitative estimate of drug-likeness (QED) is 0.613. The highest BCUT2D eigenvalue weighted by atomic mass is 32.1. The third kappa shape index (κ3) is 4.15. The number of fused-ring (bicyclic) bond motifs is 1. The lowest BCUT2D eigenvalue weighted by Crippen LogP contribution is -2.37. The molecule has 1 aromatic heterocycles. The maximum absolute atomic E-state index is 5.49. The van der Waals surface area contributed by atoms with Crippen molar-refractivity contribution < 1.29 is 0 Å². The van der Waals surface area contributed by atoms with Gasteiger partial charge in [0.15, 0.2) is 5.11 Å². The van der Waals surface area contributed by atoms with E-state index in [9.17, 15) is 0 Å². The van der Waals surface area contributed by atoms with Crippen molar-refractivity contribution in [2.75, 3.05) is 10.2 Å². The number of aromatic nitrogens is 1. The van der Waals surface area contributed by atoms with Gasteiger partial charge in [-0.1, -0.05) is 49.9 Å². The molecule has 0 saturated heterocycles. The lowest BCUT2D eigenvalue weighted by molar-refractivity contribution is 0.535. The lowest BCUT2D eigenvalue weighted by atomic mass is 10.1. The fourth-order valence-corrected chi connectivity index (χ4v) is 4.20. The topological polar surface area (TPSA) is 40.2 Å². The van der Waals surface area contributed by atoms with E-state index in [2.05, 4.69) is 56.9 Å². The SMILES string of the molecule is S=C(Nc1ccc(N2Cc3ccccc3C2)nc1)NC1CCCCCC1. The maximum Gasteiger partial charge on any atom is 0.171 e. The van der Waals surface area contributed by atoms with E-state index in [0.717, 1.165) is 24.6 Å². The van der Waals surface area contributed by atoms with Crippen LogP contribution in [0.25, 0.3) is 0 Å². The summed E-state index contributed by atoms with van der Waals surface area (Å²) in [5, 5.41) is 7.46. The average molecular weight is 367 g/mol. The Balaban J connectivity index is 1.32. The number of benzene rings is 1. The third-order valence-corrected chi connectivity index (χ3v) is 5.58. The Morgan fingerprint density at radius 1 is 0.962 bits per heavy atom. The van der Waals surface area contributed by atoms with Gasteiger partial charge in [-0.3, -0.25) is 0 Å². The molecule has 0 bridgehead atoms. The summed E-state index contributed by atoms with van der Waals surface area (Å²) in [5.74, 6) is 1.01. The van der Waals surface area contributed by atoms with Crippen LogP contribution < -0.4 is 15.5 Å². The van der Waals surface area contributed by atoms with Crippen LogP contribution in [0.3, 0.4) is 0 Å². The highest BCUT2D eigenvalue weighted by molar-refractivity contribution is 7.80. The minimum Gasteiger partial charge on any atom is -0.360 e. The van der Waals surface area contributed by atoms with Crippen molar-refractivity contribution in [3.8, 4) is 0 Å². The van der Waals surface area contributed by atoms with Gasteiger partial charge in [0.1, 0.15) is 5.82 Å². The molecule has 26 heavy (non-hydrogen) atoms. The van der Waals surface area contributed by atoms with E-state index in [1.165, 1.54) is 49.7 Å². The number of hydrogen-bond acceptors (Lipinski definition) is 3. The van der Waals surface area contributed by atoms with Gasteiger partial charge in [0.05, 0.1) is 11.9 Å². The normalized spacial score (nSPS) is 17.5. The predicted molar refractivity (Wildman–Crippen MR) is 111 cm³/mol. The molecule has 0 amide bonds. The number of anilines is 2. The van der Waals surface area contributed by atoms with Crippen molar-refractivity contribution in [1.82, 2.24) is 10.3 Å². The molecule has 2 aromatic rings. The molecule has 1 fully saturated rings. The number of thiocarbonyl (C=S) groups is 1. The van der Waals surface area contributed by atoms with Gasteiger partial charge in [-0.15, -0.1) is 0 Å². The minimum atomic E-state index is 0.507. The fourth-order valence-electron chi connectivity index (χ4n) is 3.92. The minimum absolute atomic E-state index is 0.507. The highest BCUT2D eigenvalue weighted by Crippen LogP contribution is 2.27. The molecule has 4 nitrogen and oxygen atoms in total. The summed E-state index contributed by atoms with van der Waals surface area (Å²) >= 11 is 5.49. The summed E-state index contributed by atoms with van der Waals surface area (Å²) in [4.78, 5) is 6.94. The summed E-state index contributed by atoms with van der Waals surface area (Å²) < 4.78 is 0. The number of nitrogens with one attached hydrogen (secondary N) is 2. The largest absolute Gasteiger partial charge is 0.360 e. The molecule has 1 aliphatic carbocycles. The van der Waals surface area contributed by atoms with Crippen LogP contribution in [0.5, 0.6) is 0 Å². The highest BCUT2D eigenvalue weighted by Gasteiger charge is 2.19. The van der Waals surface area contributed by atoms with Gasteiger partial charge in [0.2, 0.25) is 0 Å².